The number of amides is 1. The summed E-state index contributed by atoms with van der Waals surface area (Å²) in [7, 11) is 0. The van der Waals surface area contributed by atoms with Gasteiger partial charge in [-0.1, -0.05) is 40.8 Å². The maximum atomic E-state index is 11.8. The third-order valence-corrected chi connectivity index (χ3v) is 4.87. The van der Waals surface area contributed by atoms with Crippen molar-refractivity contribution in [1.29, 1.82) is 0 Å². The molecule has 5 nitrogen and oxygen atoms in total. The van der Waals surface area contributed by atoms with Gasteiger partial charge in [-0.25, -0.2) is 0 Å². The number of hydrogen-bond acceptors (Lipinski definition) is 6. The van der Waals surface area contributed by atoms with Gasteiger partial charge in [0.25, 0.3) is 5.91 Å². The molecule has 2 aromatic rings. The van der Waals surface area contributed by atoms with Crippen LogP contribution in [0.3, 0.4) is 0 Å². The SMILES string of the molecule is C=CCSc1nnc(NC(=O)COc2ccc(Cl)c(C)c2)s1. The van der Waals surface area contributed by atoms with Crippen molar-refractivity contribution in [2.24, 2.45) is 0 Å². The van der Waals surface area contributed by atoms with Crippen LogP contribution < -0.4 is 10.1 Å². The van der Waals surface area contributed by atoms with Crippen LogP contribution in [-0.4, -0.2) is 28.5 Å². The number of anilines is 1. The fourth-order valence-electron chi connectivity index (χ4n) is 1.46. The number of nitrogens with zero attached hydrogens (tertiary/aromatic N) is 2. The molecule has 1 N–H and O–H groups in total. The fraction of sp³-hybridized carbons (Fsp3) is 0.214. The minimum Gasteiger partial charge on any atom is -0.484 e. The molecule has 116 valence electrons. The second kappa shape index (κ2) is 8.17. The molecule has 1 amide bonds. The lowest BCUT2D eigenvalue weighted by molar-refractivity contribution is -0.118. The molecule has 8 heteroatoms. The first kappa shape index (κ1) is 16.8. The number of aromatic nitrogens is 2. The summed E-state index contributed by atoms with van der Waals surface area (Å²) in [6.45, 7) is 5.41. The van der Waals surface area contributed by atoms with E-state index in [4.69, 9.17) is 16.3 Å². The van der Waals surface area contributed by atoms with Crippen LogP contribution in [0.4, 0.5) is 5.13 Å². The van der Waals surface area contributed by atoms with Crippen molar-refractivity contribution in [1.82, 2.24) is 10.2 Å². The van der Waals surface area contributed by atoms with Crippen LogP contribution in [0.15, 0.2) is 35.2 Å². The summed E-state index contributed by atoms with van der Waals surface area (Å²) in [5, 5.41) is 11.6. The lowest BCUT2D eigenvalue weighted by atomic mass is 10.2. The quantitative estimate of drug-likeness (QED) is 0.465. The molecule has 1 aromatic heterocycles. The lowest BCUT2D eigenvalue weighted by Crippen LogP contribution is -2.20. The van der Waals surface area contributed by atoms with Gasteiger partial charge < -0.3 is 4.74 Å². The van der Waals surface area contributed by atoms with Gasteiger partial charge in [-0.2, -0.15) is 0 Å². The van der Waals surface area contributed by atoms with Crippen LogP contribution in [0.2, 0.25) is 5.02 Å². The van der Waals surface area contributed by atoms with Crippen molar-refractivity contribution in [3.8, 4) is 5.75 Å². The summed E-state index contributed by atoms with van der Waals surface area (Å²) in [4.78, 5) is 11.8. The number of carbonyl (C=O) groups excluding carboxylic acids is 1. The van der Waals surface area contributed by atoms with Crippen LogP contribution in [0.5, 0.6) is 5.75 Å². The number of hydrogen-bond donors (Lipinski definition) is 1. The van der Waals surface area contributed by atoms with Gasteiger partial charge in [-0.15, -0.1) is 16.8 Å². The Morgan fingerprint density at radius 3 is 3.09 bits per heavy atom. The van der Waals surface area contributed by atoms with Crippen molar-refractivity contribution in [2.45, 2.75) is 11.3 Å². The second-order valence-electron chi connectivity index (χ2n) is 4.22. The Hall–Kier alpha value is -1.57. The van der Waals surface area contributed by atoms with Crippen molar-refractivity contribution in [3.63, 3.8) is 0 Å². The summed E-state index contributed by atoms with van der Waals surface area (Å²) < 4.78 is 6.20. The zero-order valence-electron chi connectivity index (χ0n) is 11.8. The Morgan fingerprint density at radius 2 is 2.36 bits per heavy atom. The normalized spacial score (nSPS) is 10.3. The van der Waals surface area contributed by atoms with Gasteiger partial charge in [-0.3, -0.25) is 10.1 Å². The molecule has 2 rings (SSSR count). The van der Waals surface area contributed by atoms with Crippen LogP contribution in [-0.2, 0) is 4.79 Å². The molecule has 0 saturated heterocycles. The Kier molecular flexibility index (Phi) is 6.23. The Bertz CT molecular complexity index is 676. The van der Waals surface area contributed by atoms with Gasteiger partial charge in [0.15, 0.2) is 10.9 Å². The van der Waals surface area contributed by atoms with Gasteiger partial charge in [0.2, 0.25) is 5.13 Å². The number of thioether (sulfide) groups is 1. The van der Waals surface area contributed by atoms with Gasteiger partial charge in [-0.05, 0) is 30.7 Å². The molecular formula is C14H14ClN3O2S2. The van der Waals surface area contributed by atoms with E-state index in [0.29, 0.717) is 15.9 Å². The third kappa shape index (κ3) is 5.01. The summed E-state index contributed by atoms with van der Waals surface area (Å²) in [5.41, 5.74) is 0.896. The van der Waals surface area contributed by atoms with Gasteiger partial charge in [0.05, 0.1) is 0 Å². The fourth-order valence-corrected chi connectivity index (χ4v) is 3.11. The number of halogens is 1. The number of nitrogens with one attached hydrogen (secondary N) is 1. The van der Waals surface area contributed by atoms with E-state index < -0.39 is 0 Å². The van der Waals surface area contributed by atoms with E-state index in [1.54, 1.807) is 24.3 Å². The summed E-state index contributed by atoms with van der Waals surface area (Å²) in [5.74, 6) is 1.06. The largest absolute Gasteiger partial charge is 0.484 e. The highest BCUT2D eigenvalue weighted by atomic mass is 35.5. The number of carbonyl (C=O) groups is 1. The molecule has 0 saturated carbocycles. The number of ether oxygens (including phenoxy) is 1. The van der Waals surface area contributed by atoms with E-state index in [9.17, 15) is 4.79 Å². The Labute approximate surface area is 141 Å². The number of rotatable bonds is 7. The monoisotopic (exact) mass is 355 g/mol. The molecule has 0 aliphatic carbocycles. The molecular weight excluding hydrogens is 342 g/mol. The van der Waals surface area contributed by atoms with Crippen molar-refractivity contribution in [2.75, 3.05) is 17.7 Å². The first-order chi connectivity index (χ1) is 10.6. The molecule has 0 radical (unpaired) electrons. The van der Waals surface area contributed by atoms with Crippen LogP contribution >= 0.6 is 34.7 Å². The summed E-state index contributed by atoms with van der Waals surface area (Å²) in [6.07, 6.45) is 1.78. The van der Waals surface area contributed by atoms with E-state index in [2.05, 4.69) is 22.1 Å². The molecule has 0 spiro atoms. The first-order valence-electron chi connectivity index (χ1n) is 6.34. The molecule has 1 aromatic carbocycles. The summed E-state index contributed by atoms with van der Waals surface area (Å²) >= 11 is 8.76. The van der Waals surface area contributed by atoms with Gasteiger partial charge in [0.1, 0.15) is 5.75 Å². The molecule has 0 atom stereocenters. The number of benzene rings is 1. The molecule has 0 aliphatic heterocycles. The smallest absolute Gasteiger partial charge is 0.264 e. The van der Waals surface area contributed by atoms with E-state index in [0.717, 1.165) is 15.7 Å². The molecule has 0 fully saturated rings. The van der Waals surface area contributed by atoms with Crippen LogP contribution in [0.25, 0.3) is 0 Å². The van der Waals surface area contributed by atoms with E-state index >= 15 is 0 Å². The predicted molar refractivity (Wildman–Crippen MR) is 91.1 cm³/mol. The predicted octanol–water partition coefficient (Wildman–Crippen LogP) is 3.80. The first-order valence-corrected chi connectivity index (χ1v) is 8.52. The van der Waals surface area contributed by atoms with E-state index in [1.165, 1.54) is 23.1 Å². The summed E-state index contributed by atoms with van der Waals surface area (Å²) in [6, 6.07) is 5.24. The topological polar surface area (TPSA) is 64.1 Å². The highest BCUT2D eigenvalue weighted by Gasteiger charge is 2.09. The number of aryl methyl sites for hydroxylation is 1. The highest BCUT2D eigenvalue weighted by molar-refractivity contribution is 8.01. The molecule has 0 unspecified atom stereocenters. The van der Waals surface area contributed by atoms with Gasteiger partial charge in [0, 0.05) is 10.8 Å². The molecule has 0 bridgehead atoms. The zero-order valence-corrected chi connectivity index (χ0v) is 14.2. The van der Waals surface area contributed by atoms with E-state index in [-0.39, 0.29) is 12.5 Å². The Morgan fingerprint density at radius 1 is 1.55 bits per heavy atom. The lowest BCUT2D eigenvalue weighted by Gasteiger charge is -2.07. The van der Waals surface area contributed by atoms with Crippen LogP contribution in [0, 0.1) is 6.92 Å². The third-order valence-electron chi connectivity index (χ3n) is 2.48. The minimum atomic E-state index is -0.288. The second-order valence-corrected chi connectivity index (χ2v) is 6.87. The zero-order chi connectivity index (χ0) is 15.9. The van der Waals surface area contributed by atoms with Crippen molar-refractivity contribution >= 4 is 45.7 Å². The molecule has 22 heavy (non-hydrogen) atoms. The average molecular weight is 356 g/mol. The minimum absolute atomic E-state index is 0.101. The van der Waals surface area contributed by atoms with Crippen molar-refractivity contribution < 1.29 is 9.53 Å². The maximum Gasteiger partial charge on any atom is 0.264 e. The van der Waals surface area contributed by atoms with Gasteiger partial charge >= 0.3 is 0 Å². The highest BCUT2D eigenvalue weighted by Crippen LogP contribution is 2.25. The molecule has 0 aliphatic rings. The Balaban J connectivity index is 1.83. The standard InChI is InChI=1S/C14H14ClN3O2S2/c1-3-6-21-14-18-17-13(22-14)16-12(19)8-20-10-4-5-11(15)9(2)7-10/h3-5,7H,1,6,8H2,2H3,(H,16,17,19). The molecule has 1 heterocycles. The van der Waals surface area contributed by atoms with Crippen LogP contribution in [0.1, 0.15) is 5.56 Å². The maximum absolute atomic E-state index is 11.8. The van der Waals surface area contributed by atoms with E-state index in [1.807, 2.05) is 6.92 Å². The average Bonchev–Trinajstić information content (AvgIpc) is 2.94. The van der Waals surface area contributed by atoms with Crippen molar-refractivity contribution in [3.05, 3.63) is 41.4 Å².